The fourth-order valence-corrected chi connectivity index (χ4v) is 1.97. The van der Waals surface area contributed by atoms with Crippen LogP contribution in [0.5, 0.6) is 0 Å². The van der Waals surface area contributed by atoms with E-state index in [4.69, 9.17) is 4.74 Å². The highest BCUT2D eigenvalue weighted by atomic mass is 16.5. The Balaban J connectivity index is 2.13. The summed E-state index contributed by atoms with van der Waals surface area (Å²) in [5.74, 6) is -0.295. The van der Waals surface area contributed by atoms with Crippen LogP contribution in [-0.4, -0.2) is 13.1 Å². The molecule has 0 aliphatic heterocycles. The predicted octanol–water partition coefficient (Wildman–Crippen LogP) is 4.35. The molecule has 0 aliphatic carbocycles. The number of ether oxygens (including phenoxy) is 1. The molecule has 0 fully saturated rings. The minimum Gasteiger partial charge on any atom is -0.466 e. The van der Waals surface area contributed by atoms with Crippen molar-refractivity contribution in [2.75, 3.05) is 7.11 Å². The molecule has 0 N–H and O–H groups in total. The molecule has 0 bridgehead atoms. The van der Waals surface area contributed by atoms with E-state index in [1.54, 1.807) is 0 Å². The van der Waals surface area contributed by atoms with E-state index in [2.05, 4.69) is 0 Å². The Morgan fingerprint density at radius 3 is 2.10 bits per heavy atom. The van der Waals surface area contributed by atoms with Gasteiger partial charge in [0.1, 0.15) is 0 Å². The summed E-state index contributed by atoms with van der Waals surface area (Å²) < 4.78 is 4.85. The number of hydrogen-bond donors (Lipinski definition) is 0. The molecule has 2 aromatic carbocycles. The predicted molar refractivity (Wildman–Crippen MR) is 86.5 cm³/mol. The van der Waals surface area contributed by atoms with E-state index < -0.39 is 0 Å². The highest BCUT2D eigenvalue weighted by molar-refractivity contribution is 5.94. The Morgan fingerprint density at radius 2 is 1.52 bits per heavy atom. The molecule has 2 nitrogen and oxygen atoms in total. The second-order valence-corrected chi connectivity index (χ2v) is 4.59. The summed E-state index contributed by atoms with van der Waals surface area (Å²) in [6.07, 6.45) is 6.38. The zero-order valence-electron chi connectivity index (χ0n) is 12.0. The van der Waals surface area contributed by atoms with Crippen molar-refractivity contribution >= 4 is 18.1 Å². The van der Waals surface area contributed by atoms with E-state index in [9.17, 15) is 4.79 Å². The standard InChI is InChI=1S/C19H18O2/c1-21-19(20)18(15-17-11-6-3-7-12-17)14-8-13-16-9-4-2-5-10-16/h2-13,15H,14H2,1H3. The maximum Gasteiger partial charge on any atom is 0.334 e. The number of hydrogen-bond acceptors (Lipinski definition) is 2. The van der Waals surface area contributed by atoms with Crippen LogP contribution in [0.2, 0.25) is 0 Å². The summed E-state index contributed by atoms with van der Waals surface area (Å²) in [7, 11) is 1.40. The van der Waals surface area contributed by atoms with Gasteiger partial charge in [0.25, 0.3) is 0 Å². The van der Waals surface area contributed by atoms with Crippen LogP contribution < -0.4 is 0 Å². The molecule has 21 heavy (non-hydrogen) atoms. The van der Waals surface area contributed by atoms with Crippen LogP contribution in [0, 0.1) is 0 Å². The molecule has 0 radical (unpaired) electrons. The van der Waals surface area contributed by atoms with Crippen molar-refractivity contribution in [3.8, 4) is 0 Å². The monoisotopic (exact) mass is 278 g/mol. The van der Waals surface area contributed by atoms with Crippen LogP contribution in [0.3, 0.4) is 0 Å². The average Bonchev–Trinajstić information content (AvgIpc) is 2.55. The van der Waals surface area contributed by atoms with Crippen LogP contribution in [0.1, 0.15) is 17.5 Å². The van der Waals surface area contributed by atoms with Crippen LogP contribution in [0.15, 0.2) is 72.3 Å². The second-order valence-electron chi connectivity index (χ2n) is 4.59. The summed E-state index contributed by atoms with van der Waals surface area (Å²) >= 11 is 0. The van der Waals surface area contributed by atoms with Gasteiger partial charge >= 0.3 is 5.97 Å². The lowest BCUT2D eigenvalue weighted by Crippen LogP contribution is -2.03. The van der Waals surface area contributed by atoms with Crippen LogP contribution in [0.4, 0.5) is 0 Å². The molecule has 0 unspecified atom stereocenters. The first-order chi connectivity index (χ1) is 10.3. The van der Waals surface area contributed by atoms with Gasteiger partial charge in [0.2, 0.25) is 0 Å². The van der Waals surface area contributed by atoms with Gasteiger partial charge in [0, 0.05) is 5.57 Å². The molecule has 2 aromatic rings. The minimum absolute atomic E-state index is 0.295. The van der Waals surface area contributed by atoms with Gasteiger partial charge in [0.05, 0.1) is 7.11 Å². The van der Waals surface area contributed by atoms with Crippen LogP contribution in [-0.2, 0) is 9.53 Å². The lowest BCUT2D eigenvalue weighted by atomic mass is 10.1. The van der Waals surface area contributed by atoms with Crippen molar-refractivity contribution in [3.05, 3.63) is 83.4 Å². The first kappa shape index (κ1) is 14.8. The van der Waals surface area contributed by atoms with E-state index in [0.717, 1.165) is 11.1 Å². The molecule has 0 saturated heterocycles. The zero-order chi connectivity index (χ0) is 14.9. The third-order valence-electron chi connectivity index (χ3n) is 3.04. The van der Waals surface area contributed by atoms with Crippen molar-refractivity contribution in [2.45, 2.75) is 6.42 Å². The summed E-state index contributed by atoms with van der Waals surface area (Å²) in [6.45, 7) is 0. The Labute approximate surface area is 125 Å². The molecule has 106 valence electrons. The van der Waals surface area contributed by atoms with Gasteiger partial charge in [-0.15, -0.1) is 0 Å². The van der Waals surface area contributed by atoms with Crippen molar-refractivity contribution in [3.63, 3.8) is 0 Å². The van der Waals surface area contributed by atoms with Gasteiger partial charge in [-0.05, 0) is 23.6 Å². The summed E-state index contributed by atoms with van der Waals surface area (Å²) in [6, 6.07) is 19.8. The number of benzene rings is 2. The van der Waals surface area contributed by atoms with Gasteiger partial charge < -0.3 is 4.74 Å². The smallest absolute Gasteiger partial charge is 0.334 e. The van der Waals surface area contributed by atoms with Crippen molar-refractivity contribution < 1.29 is 9.53 Å². The van der Waals surface area contributed by atoms with Crippen molar-refractivity contribution in [1.82, 2.24) is 0 Å². The topological polar surface area (TPSA) is 26.3 Å². The van der Waals surface area contributed by atoms with Gasteiger partial charge in [-0.1, -0.05) is 72.8 Å². The fraction of sp³-hybridized carbons (Fsp3) is 0.105. The maximum absolute atomic E-state index is 11.8. The van der Waals surface area contributed by atoms with E-state index in [-0.39, 0.29) is 5.97 Å². The Bertz CT molecular complexity index is 625. The Kier molecular flexibility index (Phi) is 5.53. The molecular weight excluding hydrogens is 260 g/mol. The van der Waals surface area contributed by atoms with Gasteiger partial charge in [-0.25, -0.2) is 4.79 Å². The molecular formula is C19H18O2. The van der Waals surface area contributed by atoms with Crippen molar-refractivity contribution in [2.24, 2.45) is 0 Å². The number of rotatable bonds is 5. The normalized spacial score (nSPS) is 11.6. The fourth-order valence-electron chi connectivity index (χ4n) is 1.97. The third-order valence-corrected chi connectivity index (χ3v) is 3.04. The lowest BCUT2D eigenvalue weighted by molar-refractivity contribution is -0.136. The largest absolute Gasteiger partial charge is 0.466 e. The quantitative estimate of drug-likeness (QED) is 0.600. The van der Waals surface area contributed by atoms with E-state index >= 15 is 0 Å². The highest BCUT2D eigenvalue weighted by Crippen LogP contribution is 2.13. The van der Waals surface area contributed by atoms with Crippen LogP contribution >= 0.6 is 0 Å². The molecule has 0 spiro atoms. The van der Waals surface area contributed by atoms with Gasteiger partial charge in [-0.2, -0.15) is 0 Å². The molecule has 2 rings (SSSR count). The molecule has 0 heterocycles. The number of allylic oxidation sites excluding steroid dienone is 1. The van der Waals surface area contributed by atoms with Gasteiger partial charge in [0.15, 0.2) is 0 Å². The molecule has 0 amide bonds. The SMILES string of the molecule is COC(=O)C(=Cc1ccccc1)CC=Cc1ccccc1. The molecule has 0 atom stereocenters. The number of methoxy groups -OCH3 is 1. The van der Waals surface area contributed by atoms with E-state index in [0.29, 0.717) is 12.0 Å². The first-order valence-electron chi connectivity index (χ1n) is 6.85. The molecule has 2 heteroatoms. The van der Waals surface area contributed by atoms with E-state index in [1.807, 2.05) is 78.9 Å². The second kappa shape index (κ2) is 7.85. The summed E-state index contributed by atoms with van der Waals surface area (Å²) in [5, 5.41) is 0. The van der Waals surface area contributed by atoms with Crippen molar-refractivity contribution in [1.29, 1.82) is 0 Å². The molecule has 0 aromatic heterocycles. The number of carbonyl (C=O) groups is 1. The highest BCUT2D eigenvalue weighted by Gasteiger charge is 2.07. The summed E-state index contributed by atoms with van der Waals surface area (Å²) in [4.78, 5) is 11.8. The Morgan fingerprint density at radius 1 is 0.952 bits per heavy atom. The lowest BCUT2D eigenvalue weighted by Gasteiger charge is -2.03. The van der Waals surface area contributed by atoms with E-state index in [1.165, 1.54) is 7.11 Å². The first-order valence-corrected chi connectivity index (χ1v) is 6.85. The Hall–Kier alpha value is -2.61. The molecule has 0 aliphatic rings. The average molecular weight is 278 g/mol. The molecule has 0 saturated carbocycles. The maximum atomic E-state index is 11.8. The minimum atomic E-state index is -0.295. The zero-order valence-corrected chi connectivity index (χ0v) is 12.0. The van der Waals surface area contributed by atoms with Gasteiger partial charge in [-0.3, -0.25) is 0 Å². The number of esters is 1. The third kappa shape index (κ3) is 4.77. The summed E-state index contributed by atoms with van der Waals surface area (Å²) in [5.41, 5.74) is 2.74. The van der Waals surface area contributed by atoms with Crippen LogP contribution in [0.25, 0.3) is 12.2 Å². The number of carbonyl (C=O) groups excluding carboxylic acids is 1.